The van der Waals surface area contributed by atoms with Gasteiger partial charge in [-0.15, -0.1) is 0 Å². The number of aromatic nitrogens is 2. The van der Waals surface area contributed by atoms with Gasteiger partial charge < -0.3 is 19.7 Å². The average Bonchev–Trinajstić information content (AvgIpc) is 3.29. The summed E-state index contributed by atoms with van der Waals surface area (Å²) in [6.45, 7) is 6.00. The molecule has 6 nitrogen and oxygen atoms in total. The van der Waals surface area contributed by atoms with Crippen LogP contribution in [0.3, 0.4) is 0 Å². The summed E-state index contributed by atoms with van der Waals surface area (Å²) in [5.74, 6) is -0.289. The molecule has 0 saturated heterocycles. The molecule has 0 spiro atoms. The molecule has 3 atom stereocenters. The summed E-state index contributed by atoms with van der Waals surface area (Å²) in [6.07, 6.45) is 4.30. The number of halogens is 1. The number of nitrogens with zero attached hydrogens (tertiary/aromatic N) is 2. The van der Waals surface area contributed by atoms with Crippen molar-refractivity contribution < 1.29 is 14.6 Å². The van der Waals surface area contributed by atoms with Crippen LogP contribution in [0, 0.1) is 11.3 Å². The van der Waals surface area contributed by atoms with Crippen LogP contribution in [-0.2, 0) is 4.79 Å². The quantitative estimate of drug-likeness (QED) is 0.433. The Labute approximate surface area is 191 Å². The van der Waals surface area contributed by atoms with Crippen molar-refractivity contribution in [3.8, 4) is 16.9 Å². The number of rotatable bonds is 9. The minimum Gasteiger partial charge on any atom is -0.469 e. The topological polar surface area (TPSA) is 76.4 Å². The third-order valence-corrected chi connectivity index (χ3v) is 6.55. The second kappa shape index (κ2) is 10.1. The first-order valence-corrected chi connectivity index (χ1v) is 11.2. The number of hydrogen-bond donors (Lipinski definition) is 2. The fraction of sp³-hybridized carbons (Fsp3) is 0.333. The van der Waals surface area contributed by atoms with Gasteiger partial charge in [-0.3, -0.25) is 4.79 Å². The van der Waals surface area contributed by atoms with Gasteiger partial charge in [0.2, 0.25) is 5.91 Å². The molecular weight excluding hydrogens is 458 g/mol. The third-order valence-electron chi connectivity index (χ3n) is 5.37. The van der Waals surface area contributed by atoms with Crippen molar-refractivity contribution >= 4 is 21.8 Å². The highest BCUT2D eigenvalue weighted by Gasteiger charge is 2.46. The molecule has 1 amide bonds. The molecule has 0 aliphatic heterocycles. The number of hydrogen-bond acceptors (Lipinski definition) is 4. The number of alkyl halides is 1. The van der Waals surface area contributed by atoms with Crippen LogP contribution in [-0.4, -0.2) is 32.1 Å². The van der Waals surface area contributed by atoms with E-state index in [1.165, 1.54) is 0 Å². The van der Waals surface area contributed by atoms with Crippen molar-refractivity contribution in [1.29, 1.82) is 0 Å². The number of ether oxygens (including phenoxy) is 1. The van der Waals surface area contributed by atoms with Crippen LogP contribution in [0.4, 0.5) is 0 Å². The normalized spacial score (nSPS) is 14.5. The van der Waals surface area contributed by atoms with Crippen molar-refractivity contribution in [2.24, 2.45) is 11.3 Å². The van der Waals surface area contributed by atoms with Crippen LogP contribution in [0.25, 0.3) is 11.1 Å². The van der Waals surface area contributed by atoms with E-state index in [4.69, 9.17) is 4.74 Å². The Hall–Kier alpha value is -2.64. The number of aliphatic hydroxyl groups excluding tert-OH is 1. The van der Waals surface area contributed by atoms with E-state index < -0.39 is 22.6 Å². The van der Waals surface area contributed by atoms with E-state index in [1.807, 2.05) is 63.2 Å². The maximum Gasteiger partial charge on any atom is 0.229 e. The summed E-state index contributed by atoms with van der Waals surface area (Å²) in [7, 11) is 0. The zero-order valence-electron chi connectivity index (χ0n) is 17.9. The first kappa shape index (κ1) is 23.0. The number of amides is 1. The van der Waals surface area contributed by atoms with Gasteiger partial charge in [-0.05, 0) is 30.2 Å². The molecule has 31 heavy (non-hydrogen) atoms. The van der Waals surface area contributed by atoms with E-state index in [0.717, 1.165) is 11.1 Å². The van der Waals surface area contributed by atoms with E-state index in [0.29, 0.717) is 12.3 Å². The van der Waals surface area contributed by atoms with Crippen LogP contribution in [0.5, 0.6) is 5.75 Å². The average molecular weight is 486 g/mol. The third kappa shape index (κ3) is 5.35. The molecule has 7 heteroatoms. The summed E-state index contributed by atoms with van der Waals surface area (Å²) in [4.78, 5) is 17.2. The van der Waals surface area contributed by atoms with Crippen molar-refractivity contribution in [2.45, 2.75) is 32.0 Å². The molecule has 0 radical (unpaired) electrons. The molecule has 2 aromatic carbocycles. The van der Waals surface area contributed by atoms with Crippen molar-refractivity contribution in [1.82, 2.24) is 14.9 Å². The van der Waals surface area contributed by atoms with Gasteiger partial charge in [-0.25, -0.2) is 4.98 Å². The van der Waals surface area contributed by atoms with E-state index in [1.54, 1.807) is 23.3 Å². The maximum atomic E-state index is 13.1. The molecule has 0 fully saturated rings. The van der Waals surface area contributed by atoms with E-state index in [2.05, 4.69) is 38.4 Å². The van der Waals surface area contributed by atoms with Gasteiger partial charge in [-0.1, -0.05) is 72.2 Å². The Balaban J connectivity index is 1.96. The molecule has 0 aliphatic rings. The van der Waals surface area contributed by atoms with Crippen LogP contribution in [0.1, 0.15) is 27.0 Å². The SMILES string of the molecule is CCNC(=O)C(C(Oc1ccc(-c2ccccc2)cc1)n1ccnc1)C(C)(C)C(O)Br. The lowest BCUT2D eigenvalue weighted by Gasteiger charge is -2.39. The van der Waals surface area contributed by atoms with Gasteiger partial charge in [0.15, 0.2) is 6.23 Å². The number of nitrogens with one attached hydrogen (secondary N) is 1. The Morgan fingerprint density at radius 1 is 1.16 bits per heavy atom. The number of imidazole rings is 1. The molecule has 1 heterocycles. The van der Waals surface area contributed by atoms with E-state index in [9.17, 15) is 9.90 Å². The van der Waals surface area contributed by atoms with Gasteiger partial charge in [-0.2, -0.15) is 0 Å². The zero-order valence-corrected chi connectivity index (χ0v) is 19.5. The summed E-state index contributed by atoms with van der Waals surface area (Å²) < 4.78 is 8.10. The monoisotopic (exact) mass is 485 g/mol. The number of carbonyl (C=O) groups excluding carboxylic acids is 1. The first-order chi connectivity index (χ1) is 14.8. The zero-order chi connectivity index (χ0) is 22.4. The molecule has 0 bridgehead atoms. The second-order valence-corrected chi connectivity index (χ2v) is 8.81. The van der Waals surface area contributed by atoms with Crippen LogP contribution in [0.2, 0.25) is 0 Å². The fourth-order valence-corrected chi connectivity index (χ4v) is 3.77. The Morgan fingerprint density at radius 3 is 2.35 bits per heavy atom. The molecule has 0 saturated carbocycles. The lowest BCUT2D eigenvalue weighted by Crippen LogP contribution is -2.49. The van der Waals surface area contributed by atoms with Gasteiger partial charge in [0.1, 0.15) is 16.7 Å². The number of carbonyl (C=O) groups is 1. The van der Waals surface area contributed by atoms with Crippen molar-refractivity contribution in [3.63, 3.8) is 0 Å². The van der Waals surface area contributed by atoms with Crippen molar-refractivity contribution in [2.75, 3.05) is 6.54 Å². The van der Waals surface area contributed by atoms with E-state index in [-0.39, 0.29) is 5.91 Å². The van der Waals surface area contributed by atoms with Gasteiger partial charge in [0.25, 0.3) is 0 Å². The molecule has 0 aliphatic carbocycles. The van der Waals surface area contributed by atoms with Crippen LogP contribution >= 0.6 is 15.9 Å². The van der Waals surface area contributed by atoms with Crippen molar-refractivity contribution in [3.05, 3.63) is 73.3 Å². The smallest absolute Gasteiger partial charge is 0.229 e. The molecule has 1 aromatic heterocycles. The highest BCUT2D eigenvalue weighted by Crippen LogP contribution is 2.41. The Morgan fingerprint density at radius 2 is 1.81 bits per heavy atom. The molecule has 3 aromatic rings. The fourth-order valence-electron chi connectivity index (χ4n) is 3.48. The van der Waals surface area contributed by atoms with Crippen LogP contribution in [0.15, 0.2) is 73.3 Å². The summed E-state index contributed by atoms with van der Waals surface area (Å²) in [5, 5.41) is 12.4. The highest BCUT2D eigenvalue weighted by molar-refractivity contribution is 9.09. The van der Waals surface area contributed by atoms with Gasteiger partial charge in [0.05, 0.1) is 6.33 Å². The van der Waals surface area contributed by atoms with Gasteiger partial charge >= 0.3 is 0 Å². The molecular formula is C24H28BrN3O3. The Bertz CT molecular complexity index is 958. The van der Waals surface area contributed by atoms with Gasteiger partial charge in [0, 0.05) is 24.4 Å². The number of benzene rings is 2. The molecule has 3 rings (SSSR count). The van der Waals surface area contributed by atoms with E-state index >= 15 is 0 Å². The minimum atomic E-state index is -0.914. The summed E-state index contributed by atoms with van der Waals surface area (Å²) in [5.41, 5.74) is 1.35. The molecule has 3 unspecified atom stereocenters. The maximum absolute atomic E-state index is 13.1. The predicted molar refractivity (Wildman–Crippen MR) is 125 cm³/mol. The number of aliphatic hydroxyl groups is 1. The van der Waals surface area contributed by atoms with Crippen LogP contribution < -0.4 is 10.1 Å². The molecule has 2 N–H and O–H groups in total. The molecule has 164 valence electrons. The minimum absolute atomic E-state index is 0.203. The summed E-state index contributed by atoms with van der Waals surface area (Å²) >= 11 is 3.26. The summed E-state index contributed by atoms with van der Waals surface area (Å²) in [6, 6.07) is 17.8. The lowest BCUT2D eigenvalue weighted by molar-refractivity contribution is -0.139. The predicted octanol–water partition coefficient (Wildman–Crippen LogP) is 4.62. The standard InChI is InChI=1S/C24H28BrN3O3/c1-4-27-21(29)20(24(2,3)23(25)30)22(28-15-14-26-16-28)31-19-12-10-18(11-13-19)17-8-6-5-7-9-17/h5-16,20,22-23,30H,4H2,1-3H3,(H,27,29). The first-order valence-electron chi connectivity index (χ1n) is 10.2. The largest absolute Gasteiger partial charge is 0.469 e. The lowest BCUT2D eigenvalue weighted by atomic mass is 9.77. The Kier molecular flexibility index (Phi) is 7.51. The second-order valence-electron chi connectivity index (χ2n) is 7.94. The highest BCUT2D eigenvalue weighted by atomic mass is 79.9.